The van der Waals surface area contributed by atoms with Crippen LogP contribution in [0.4, 0.5) is 28.9 Å². The van der Waals surface area contributed by atoms with E-state index < -0.39 is 41.2 Å². The summed E-state index contributed by atoms with van der Waals surface area (Å²) in [4.78, 5) is 25.5. The average molecular weight is 893 g/mol. The number of benzene rings is 5. The lowest BCUT2D eigenvalue weighted by atomic mass is 9.98. The van der Waals surface area contributed by atoms with Crippen molar-refractivity contribution < 1.29 is 55.6 Å². The molecule has 0 amide bonds. The summed E-state index contributed by atoms with van der Waals surface area (Å²) in [5.74, 6) is -1.57. The standard InChI is InChI=1S/C49H44F4N4O8/c50-48(51,64-42-20-16-40(17-21-42)60-29-3-1-27-54)37-11-5-34(6-12-37)9-25-46(58)62-32-36(44-24-15-39(56)31-45(44)57)33-63-47(59)26-10-35-7-13-38(14-8-35)49(52,53)65-43-22-18-41(19-23-43)61-30-4-2-28-55/h5-26,31,36H,1-4,29-30,32-33,56-57H2/b25-9+,26-10+. The Bertz CT molecular complexity index is 2340. The summed E-state index contributed by atoms with van der Waals surface area (Å²) < 4.78 is 91.5. The molecule has 0 unspecified atom stereocenters. The lowest BCUT2D eigenvalue weighted by molar-refractivity contribution is -0.186. The highest BCUT2D eigenvalue weighted by Crippen LogP contribution is 2.34. The predicted molar refractivity (Wildman–Crippen MR) is 233 cm³/mol. The van der Waals surface area contributed by atoms with Crippen LogP contribution in [0.5, 0.6) is 23.0 Å². The highest BCUT2D eigenvalue weighted by Gasteiger charge is 2.35. The van der Waals surface area contributed by atoms with Gasteiger partial charge in [0.15, 0.2) is 0 Å². The second-order valence-corrected chi connectivity index (χ2v) is 14.2. The van der Waals surface area contributed by atoms with E-state index in [1.165, 1.54) is 91.0 Å². The second kappa shape index (κ2) is 23.5. The fourth-order valence-electron chi connectivity index (χ4n) is 5.86. The Kier molecular flexibility index (Phi) is 17.3. The summed E-state index contributed by atoms with van der Waals surface area (Å²) in [6.07, 6.45) is -0.640. The maximum Gasteiger partial charge on any atom is 0.426 e. The van der Waals surface area contributed by atoms with Crippen molar-refractivity contribution in [3.05, 3.63) is 155 Å². The van der Waals surface area contributed by atoms with E-state index in [1.807, 2.05) is 12.1 Å². The molecule has 5 aromatic carbocycles. The van der Waals surface area contributed by atoms with Crippen LogP contribution in [0.2, 0.25) is 0 Å². The fraction of sp³-hybridized carbons (Fsp3) is 0.224. The van der Waals surface area contributed by atoms with Crippen molar-refractivity contribution in [3.8, 4) is 35.1 Å². The first-order chi connectivity index (χ1) is 31.2. The number of unbranched alkanes of at least 4 members (excludes halogenated alkanes) is 2. The Hall–Kier alpha value is -7.98. The summed E-state index contributed by atoms with van der Waals surface area (Å²) in [5.41, 5.74) is 13.1. The smallest absolute Gasteiger partial charge is 0.426 e. The van der Waals surface area contributed by atoms with E-state index in [-0.39, 0.29) is 30.4 Å². The minimum absolute atomic E-state index is 0.0887. The Labute approximate surface area is 372 Å². The third kappa shape index (κ3) is 15.4. The first-order valence-corrected chi connectivity index (χ1v) is 20.1. The number of carbonyl (C=O) groups excluding carboxylic acids is 2. The summed E-state index contributed by atoms with van der Waals surface area (Å²) >= 11 is 0. The molecule has 0 spiro atoms. The number of hydrogen-bond donors (Lipinski definition) is 2. The van der Waals surface area contributed by atoms with Crippen LogP contribution in [0.1, 0.15) is 59.4 Å². The second-order valence-electron chi connectivity index (χ2n) is 14.2. The normalized spacial score (nSPS) is 11.5. The molecule has 5 aromatic rings. The number of ether oxygens (including phenoxy) is 6. The molecule has 16 heteroatoms. The number of nitriles is 2. The van der Waals surface area contributed by atoms with Crippen molar-refractivity contribution in [1.82, 2.24) is 0 Å². The molecule has 0 saturated heterocycles. The van der Waals surface area contributed by atoms with E-state index in [2.05, 4.69) is 0 Å². The number of rotatable bonds is 23. The molecule has 336 valence electrons. The monoisotopic (exact) mass is 892 g/mol. The van der Waals surface area contributed by atoms with Crippen LogP contribution >= 0.6 is 0 Å². The molecule has 0 aliphatic carbocycles. The van der Waals surface area contributed by atoms with Gasteiger partial charge in [-0.1, -0.05) is 30.3 Å². The van der Waals surface area contributed by atoms with E-state index in [0.29, 0.717) is 72.8 Å². The number of anilines is 2. The van der Waals surface area contributed by atoms with E-state index in [1.54, 1.807) is 12.1 Å². The lowest BCUT2D eigenvalue weighted by Crippen LogP contribution is -2.21. The van der Waals surface area contributed by atoms with E-state index in [0.717, 1.165) is 36.4 Å². The molecular weight excluding hydrogens is 849 g/mol. The van der Waals surface area contributed by atoms with Crippen molar-refractivity contribution in [1.29, 1.82) is 10.5 Å². The quantitative estimate of drug-likeness (QED) is 0.0208. The van der Waals surface area contributed by atoms with Gasteiger partial charge in [-0.25, -0.2) is 9.59 Å². The van der Waals surface area contributed by atoms with Gasteiger partial charge < -0.3 is 39.9 Å². The molecule has 0 bridgehead atoms. The maximum absolute atomic E-state index is 15.0. The minimum atomic E-state index is -3.68. The topological polar surface area (TPSA) is 189 Å². The van der Waals surface area contributed by atoms with Crippen LogP contribution < -0.4 is 30.4 Å². The third-order valence-electron chi connectivity index (χ3n) is 9.26. The zero-order valence-electron chi connectivity index (χ0n) is 34.8. The molecule has 0 aliphatic heterocycles. The average Bonchev–Trinajstić information content (AvgIpc) is 3.29. The largest absolute Gasteiger partial charge is 0.494 e. The van der Waals surface area contributed by atoms with Gasteiger partial charge in [-0.15, -0.1) is 0 Å². The number of nitrogen functional groups attached to an aromatic ring is 2. The number of nitrogens with zero attached hydrogens (tertiary/aromatic N) is 2. The summed E-state index contributed by atoms with van der Waals surface area (Å²) in [7, 11) is 0. The van der Waals surface area contributed by atoms with Gasteiger partial charge in [-0.3, -0.25) is 0 Å². The SMILES string of the molecule is N#CCCCOc1ccc(OC(F)(F)c2ccc(/C=C/C(=O)OCC(COC(=O)/C=C/c3ccc(C(F)(F)Oc4ccc(OCCCC#N)cc4)cc3)c3ccc(N)cc3N)cc2)cc1. The Morgan fingerprint density at radius 1 is 0.585 bits per heavy atom. The molecule has 0 aromatic heterocycles. The van der Waals surface area contributed by atoms with Crippen LogP contribution in [-0.2, 0) is 31.3 Å². The number of alkyl halides is 4. The number of nitrogens with two attached hydrogens (primary N) is 2. The summed E-state index contributed by atoms with van der Waals surface area (Å²) in [6.45, 7) is 0.0830. The molecule has 0 saturated carbocycles. The molecule has 0 heterocycles. The number of halogens is 4. The van der Waals surface area contributed by atoms with Crippen molar-refractivity contribution in [2.45, 2.75) is 43.8 Å². The highest BCUT2D eigenvalue weighted by atomic mass is 19.3. The van der Waals surface area contributed by atoms with E-state index in [9.17, 15) is 27.2 Å². The Morgan fingerprint density at radius 2 is 0.985 bits per heavy atom. The lowest BCUT2D eigenvalue weighted by Gasteiger charge is -2.19. The summed E-state index contributed by atoms with van der Waals surface area (Å²) in [6, 6.07) is 30.2. The van der Waals surface area contributed by atoms with Crippen LogP contribution in [0.15, 0.2) is 127 Å². The Morgan fingerprint density at radius 3 is 1.37 bits per heavy atom. The van der Waals surface area contributed by atoms with Gasteiger partial charge in [-0.05, 0) is 127 Å². The molecule has 4 N–H and O–H groups in total. The predicted octanol–water partition coefficient (Wildman–Crippen LogP) is 10.1. The molecule has 0 fully saturated rings. The van der Waals surface area contributed by atoms with Gasteiger partial charge >= 0.3 is 24.2 Å². The molecule has 5 rings (SSSR count). The zero-order valence-corrected chi connectivity index (χ0v) is 34.8. The fourth-order valence-corrected chi connectivity index (χ4v) is 5.86. The Balaban J connectivity index is 1.12. The van der Waals surface area contributed by atoms with Crippen LogP contribution in [-0.4, -0.2) is 38.4 Å². The van der Waals surface area contributed by atoms with Gasteiger partial charge in [0.2, 0.25) is 0 Å². The molecule has 0 atom stereocenters. The molecule has 65 heavy (non-hydrogen) atoms. The third-order valence-corrected chi connectivity index (χ3v) is 9.26. The molecular formula is C49H44F4N4O8. The van der Waals surface area contributed by atoms with Gasteiger partial charge in [-0.2, -0.15) is 28.1 Å². The summed E-state index contributed by atoms with van der Waals surface area (Å²) in [5, 5.41) is 17.2. The first kappa shape index (κ1) is 48.1. The van der Waals surface area contributed by atoms with Crippen molar-refractivity contribution in [3.63, 3.8) is 0 Å². The maximum atomic E-state index is 15.0. The molecule has 0 aliphatic rings. The molecule has 12 nitrogen and oxygen atoms in total. The van der Waals surface area contributed by atoms with Gasteiger partial charge in [0, 0.05) is 36.4 Å². The number of carbonyl (C=O) groups is 2. The van der Waals surface area contributed by atoms with E-state index in [4.69, 9.17) is 50.4 Å². The van der Waals surface area contributed by atoms with Crippen LogP contribution in [0.25, 0.3) is 12.2 Å². The van der Waals surface area contributed by atoms with Crippen molar-refractivity contribution >= 4 is 35.5 Å². The van der Waals surface area contributed by atoms with Gasteiger partial charge in [0.1, 0.15) is 36.2 Å². The zero-order chi connectivity index (χ0) is 46.7. The van der Waals surface area contributed by atoms with E-state index >= 15 is 0 Å². The molecule has 0 radical (unpaired) electrons. The van der Waals surface area contributed by atoms with Gasteiger partial charge in [0.25, 0.3) is 0 Å². The first-order valence-electron chi connectivity index (χ1n) is 20.1. The van der Waals surface area contributed by atoms with Gasteiger partial charge in [0.05, 0.1) is 42.4 Å². The number of hydrogen-bond acceptors (Lipinski definition) is 12. The van der Waals surface area contributed by atoms with Crippen LogP contribution in [0.3, 0.4) is 0 Å². The van der Waals surface area contributed by atoms with Crippen LogP contribution in [0, 0.1) is 22.7 Å². The van der Waals surface area contributed by atoms with Crippen molar-refractivity contribution in [2.24, 2.45) is 0 Å². The number of esters is 2. The van der Waals surface area contributed by atoms with Crippen molar-refractivity contribution in [2.75, 3.05) is 37.9 Å². The minimum Gasteiger partial charge on any atom is -0.494 e. The highest BCUT2D eigenvalue weighted by molar-refractivity contribution is 5.87.